The maximum Gasteiger partial charge on any atom is 0.0636 e. The first-order chi connectivity index (χ1) is 32.0. The number of rotatable bonds is 4. The summed E-state index contributed by atoms with van der Waals surface area (Å²) in [5.74, 6) is 0. The molecule has 0 aliphatic rings. The highest BCUT2D eigenvalue weighted by Crippen LogP contribution is 2.45. The second kappa shape index (κ2) is 10.9. The maximum atomic E-state index is 9.95. The van der Waals surface area contributed by atoms with Gasteiger partial charge in [0.1, 0.15) is 0 Å². The van der Waals surface area contributed by atoms with E-state index in [-0.39, 0.29) is 5.56 Å². The van der Waals surface area contributed by atoms with Crippen LogP contribution in [0.3, 0.4) is 0 Å². The van der Waals surface area contributed by atoms with Gasteiger partial charge >= 0.3 is 0 Å². The first-order valence-corrected chi connectivity index (χ1v) is 14.1. The minimum atomic E-state index is -0.918. The Hall–Kier alpha value is -5.98. The highest BCUT2D eigenvalue weighted by molar-refractivity contribution is 6.22. The fourth-order valence-corrected chi connectivity index (χ4v) is 5.71. The van der Waals surface area contributed by atoms with Crippen LogP contribution in [0.25, 0.3) is 87.6 Å². The molecule has 9 rings (SSSR count). The van der Waals surface area contributed by atoms with E-state index in [0.29, 0.717) is 16.3 Å². The van der Waals surface area contributed by atoms with Gasteiger partial charge in [0.25, 0.3) is 0 Å². The quantitative estimate of drug-likeness (QED) is 0.175. The van der Waals surface area contributed by atoms with Crippen LogP contribution in [0.5, 0.6) is 0 Å². The van der Waals surface area contributed by atoms with Crippen molar-refractivity contribution in [3.8, 4) is 44.5 Å². The lowest BCUT2D eigenvalue weighted by Gasteiger charge is -2.19. The predicted octanol–water partition coefficient (Wildman–Crippen LogP) is 13.0. The van der Waals surface area contributed by atoms with E-state index in [0.717, 1.165) is 6.07 Å². The van der Waals surface area contributed by atoms with Gasteiger partial charge in [0.05, 0.1) is 30.2 Å². The van der Waals surface area contributed by atoms with Gasteiger partial charge in [-0.05, 0) is 99.7 Å². The second-order valence-corrected chi connectivity index (χ2v) is 10.4. The van der Waals surface area contributed by atoms with Crippen molar-refractivity contribution in [3.05, 3.63) is 181 Å². The minimum Gasteiger partial charge on any atom is -0.0622 e. The molecule has 0 unspecified atom stereocenters. The molecular weight excluding hydrogens is 553 g/mol. The van der Waals surface area contributed by atoms with Crippen LogP contribution >= 0.6 is 0 Å². The molecule has 214 valence electrons. The van der Waals surface area contributed by atoms with Crippen LogP contribution in [0.4, 0.5) is 0 Å². The zero-order valence-corrected chi connectivity index (χ0v) is 23.6. The summed E-state index contributed by atoms with van der Waals surface area (Å²) in [6, 6.07) is -4.54. The Kier molecular flexibility index (Phi) is 2.94. The highest BCUT2D eigenvalue weighted by Gasteiger charge is 2.18. The summed E-state index contributed by atoms with van der Waals surface area (Å²) in [5.41, 5.74) is -3.36. The van der Waals surface area contributed by atoms with E-state index in [1.165, 1.54) is 0 Å². The van der Waals surface area contributed by atoms with E-state index < -0.39 is 199 Å². The lowest BCUT2D eigenvalue weighted by atomic mass is 9.84. The Morgan fingerprint density at radius 1 is 0.304 bits per heavy atom. The van der Waals surface area contributed by atoms with Crippen molar-refractivity contribution in [1.82, 2.24) is 0 Å². The molecule has 0 heterocycles. The molecular formula is C46H30. The number of benzene rings is 9. The summed E-state index contributed by atoms with van der Waals surface area (Å²) in [6.07, 6.45) is 0. The van der Waals surface area contributed by atoms with Crippen molar-refractivity contribution in [2.24, 2.45) is 0 Å². The number of hydrogen-bond acceptors (Lipinski definition) is 0. The molecule has 46 heavy (non-hydrogen) atoms. The van der Waals surface area contributed by atoms with Crippen LogP contribution in [-0.4, -0.2) is 0 Å². The average molecular weight is 605 g/mol. The van der Waals surface area contributed by atoms with Crippen LogP contribution in [0.1, 0.15) is 30.2 Å². The molecule has 0 atom stereocenters. The molecule has 0 fully saturated rings. The van der Waals surface area contributed by atoms with Gasteiger partial charge in [-0.25, -0.2) is 0 Å². The van der Waals surface area contributed by atoms with Crippen molar-refractivity contribution in [2.45, 2.75) is 0 Å². The summed E-state index contributed by atoms with van der Waals surface area (Å²) in [6.45, 7) is 0. The Morgan fingerprint density at radius 2 is 0.935 bits per heavy atom. The van der Waals surface area contributed by atoms with Gasteiger partial charge in [0.15, 0.2) is 0 Å². The van der Waals surface area contributed by atoms with Gasteiger partial charge in [-0.2, -0.15) is 0 Å². The first kappa shape index (κ1) is 12.4. The van der Waals surface area contributed by atoms with Gasteiger partial charge < -0.3 is 0 Å². The molecule has 0 aliphatic carbocycles. The molecule has 0 bridgehead atoms. The predicted molar refractivity (Wildman–Crippen MR) is 198 cm³/mol. The lowest BCUT2D eigenvalue weighted by Crippen LogP contribution is -1.92. The zero-order chi connectivity index (χ0) is 49.6. The van der Waals surface area contributed by atoms with Gasteiger partial charge in [0, 0.05) is 0 Å². The normalized spacial score (nSPS) is 18.2. The summed E-state index contributed by atoms with van der Waals surface area (Å²) >= 11 is 0. The molecule has 0 aromatic heterocycles. The van der Waals surface area contributed by atoms with E-state index >= 15 is 0 Å². The van der Waals surface area contributed by atoms with Crippen molar-refractivity contribution in [3.63, 3.8) is 0 Å². The van der Waals surface area contributed by atoms with Crippen molar-refractivity contribution in [2.75, 3.05) is 0 Å². The van der Waals surface area contributed by atoms with Crippen molar-refractivity contribution < 1.29 is 30.2 Å². The molecule has 0 amide bonds. The summed E-state index contributed by atoms with van der Waals surface area (Å²) in [4.78, 5) is 0. The van der Waals surface area contributed by atoms with E-state index in [2.05, 4.69) is 0 Å². The van der Waals surface area contributed by atoms with Crippen molar-refractivity contribution in [1.29, 1.82) is 0 Å². The van der Waals surface area contributed by atoms with Crippen LogP contribution in [0.15, 0.2) is 181 Å². The molecule has 0 radical (unpaired) electrons. The molecule has 0 saturated heterocycles. The van der Waals surface area contributed by atoms with Crippen LogP contribution in [0, 0.1) is 0 Å². The van der Waals surface area contributed by atoms with Gasteiger partial charge in [-0.3, -0.25) is 0 Å². The first-order valence-electron chi connectivity index (χ1n) is 25.1. The number of hydrogen-bond donors (Lipinski definition) is 0. The average Bonchev–Trinajstić information content (AvgIpc) is 3.32. The Morgan fingerprint density at radius 3 is 1.76 bits per heavy atom. The van der Waals surface area contributed by atoms with Crippen LogP contribution in [0.2, 0.25) is 0 Å². The fraction of sp³-hybridized carbons (Fsp3) is 0. The largest absolute Gasteiger partial charge is 0.0636 e. The minimum absolute atomic E-state index is 0.134. The second-order valence-electron chi connectivity index (χ2n) is 10.4. The molecule has 0 heteroatoms. The molecule has 9 aromatic carbocycles. The molecule has 0 aliphatic heterocycles. The third-order valence-corrected chi connectivity index (χ3v) is 7.76. The topological polar surface area (TPSA) is 0 Å². The van der Waals surface area contributed by atoms with Crippen LogP contribution in [-0.2, 0) is 0 Å². The van der Waals surface area contributed by atoms with Crippen LogP contribution < -0.4 is 0 Å². The molecule has 0 N–H and O–H groups in total. The SMILES string of the molecule is [2H]c1c([2H])c([2H])c(-c2cc([2H])c3c(-c4c([2H])c([2H])c(-c5cccc6ccccc56)c([2H])c4[2H])c4c([2H])c([2H])c([2H])c([2H])c4c(-c4c([2H])c([2H])c5c([2H])c([2H])c([2H])c([2H])c5c4[2H])c3c2[2H])c([2H])c1[2H]. The molecule has 0 spiro atoms. The van der Waals surface area contributed by atoms with Gasteiger partial charge in [-0.1, -0.05) is 169 Å². The Labute approximate surface area is 299 Å². The van der Waals surface area contributed by atoms with E-state index in [9.17, 15) is 13.7 Å². The summed E-state index contributed by atoms with van der Waals surface area (Å²) < 4.78 is 199. The third-order valence-electron chi connectivity index (χ3n) is 7.76. The standard InChI is InChI=1S/C46H30/c1-2-11-31(12-3-1)37-27-28-43-44(30-37)46(38-26-21-32-13-4-5-15-36(32)29-38)42-19-9-8-18-41(42)45(43)35-24-22-34(23-25-35)40-20-10-16-33-14-6-7-17-39(33)40/h1-30H/i1D,2D,3D,4D,5D,8D,9D,11D,12D,13D,15D,18D,19D,21D,22D,23D,24D,25D,26D,28D,29D,30D. The van der Waals surface area contributed by atoms with E-state index in [1.807, 2.05) is 0 Å². The monoisotopic (exact) mass is 604 g/mol. The summed E-state index contributed by atoms with van der Waals surface area (Å²) in [5, 5.41) is -2.14. The number of fused-ring (bicyclic) bond motifs is 4. The molecule has 9 aromatic rings. The van der Waals surface area contributed by atoms with E-state index in [1.54, 1.807) is 42.5 Å². The fourth-order valence-electron chi connectivity index (χ4n) is 5.71. The lowest BCUT2D eigenvalue weighted by molar-refractivity contribution is 1.62. The molecule has 0 nitrogen and oxygen atoms in total. The zero-order valence-electron chi connectivity index (χ0n) is 45.6. The Bertz CT molecular complexity index is 3760. The third kappa shape index (κ3) is 4.38. The molecule has 0 saturated carbocycles. The maximum absolute atomic E-state index is 9.95. The van der Waals surface area contributed by atoms with Crippen molar-refractivity contribution >= 4 is 43.1 Å². The smallest absolute Gasteiger partial charge is 0.0622 e. The Balaban J connectivity index is 1.61. The summed E-state index contributed by atoms with van der Waals surface area (Å²) in [7, 11) is 0. The van der Waals surface area contributed by atoms with Gasteiger partial charge in [-0.15, -0.1) is 0 Å². The van der Waals surface area contributed by atoms with E-state index in [4.69, 9.17) is 16.4 Å². The van der Waals surface area contributed by atoms with Gasteiger partial charge in [0.2, 0.25) is 0 Å². The highest BCUT2D eigenvalue weighted by atomic mass is 14.2.